The predicted octanol–water partition coefficient (Wildman–Crippen LogP) is 4.80. The van der Waals surface area contributed by atoms with E-state index in [4.69, 9.17) is 9.90 Å². The molecule has 0 saturated carbocycles. The van der Waals surface area contributed by atoms with Gasteiger partial charge in [0.15, 0.2) is 0 Å². The van der Waals surface area contributed by atoms with Gasteiger partial charge in [-0.25, -0.2) is 0 Å². The van der Waals surface area contributed by atoms with Crippen LogP contribution >= 0.6 is 7.92 Å². The molecule has 0 amide bonds. The fraction of sp³-hybridized carbons (Fsp3) is 0.235. The van der Waals surface area contributed by atoms with Crippen LogP contribution in [0.15, 0.2) is 60.7 Å². The van der Waals surface area contributed by atoms with Gasteiger partial charge in [0.25, 0.3) is 5.97 Å². The number of carboxylic acids is 1. The highest BCUT2D eigenvalue weighted by Gasteiger charge is 1.91. The molecule has 108 valence electrons. The van der Waals surface area contributed by atoms with Crippen LogP contribution in [-0.2, 0) is 4.79 Å². The molecule has 20 heavy (non-hydrogen) atoms. The Kier molecular flexibility index (Phi) is 10.3. The molecule has 2 aromatic carbocycles. The van der Waals surface area contributed by atoms with Crippen molar-refractivity contribution in [1.82, 2.24) is 0 Å². The van der Waals surface area contributed by atoms with Crippen molar-refractivity contribution in [1.29, 1.82) is 0 Å². The standard InChI is InChI=1S/C12H10.C3H9P.C2H4O2/c1-3-7-11(8-4-1)12-9-5-2-6-10-12;1-4(2)3;1-2(3)4/h1-10H;1-3H3;1H3,(H,3,4). The summed E-state index contributed by atoms with van der Waals surface area (Å²) in [7, 11) is 0.380. The van der Waals surface area contributed by atoms with Crippen molar-refractivity contribution in [2.45, 2.75) is 6.92 Å². The molecule has 0 aromatic heterocycles. The molecule has 0 aliphatic carbocycles. The van der Waals surface area contributed by atoms with Crippen molar-refractivity contribution in [3.63, 3.8) is 0 Å². The topological polar surface area (TPSA) is 37.3 Å². The molecule has 3 heteroatoms. The molecule has 0 bridgehead atoms. The Balaban J connectivity index is 0.000000380. The number of hydrogen-bond acceptors (Lipinski definition) is 1. The fourth-order valence-electron chi connectivity index (χ4n) is 1.26. The second-order valence-electron chi connectivity index (χ2n) is 4.59. The number of benzene rings is 2. The molecule has 2 aromatic rings. The minimum absolute atomic E-state index is 0.380. The summed E-state index contributed by atoms with van der Waals surface area (Å²) in [5, 5.41) is 7.42. The maximum atomic E-state index is 9.00. The summed E-state index contributed by atoms with van der Waals surface area (Å²) >= 11 is 0. The predicted molar refractivity (Wildman–Crippen MR) is 89.9 cm³/mol. The smallest absolute Gasteiger partial charge is 0.300 e. The van der Waals surface area contributed by atoms with Gasteiger partial charge >= 0.3 is 0 Å². The Morgan fingerprint density at radius 3 is 1.20 bits per heavy atom. The van der Waals surface area contributed by atoms with Crippen molar-refractivity contribution < 1.29 is 9.90 Å². The van der Waals surface area contributed by atoms with E-state index in [1.54, 1.807) is 0 Å². The van der Waals surface area contributed by atoms with Crippen molar-refractivity contribution in [2.24, 2.45) is 0 Å². The van der Waals surface area contributed by atoms with Crippen LogP contribution in [0.1, 0.15) is 6.92 Å². The number of hydrogen-bond donors (Lipinski definition) is 1. The first-order valence-corrected chi connectivity index (χ1v) is 9.02. The molecular weight excluding hydrogens is 267 g/mol. The van der Waals surface area contributed by atoms with Crippen molar-refractivity contribution in [3.05, 3.63) is 60.7 Å². The maximum absolute atomic E-state index is 9.00. The van der Waals surface area contributed by atoms with Crippen LogP contribution in [0, 0.1) is 0 Å². The van der Waals surface area contributed by atoms with E-state index in [0.717, 1.165) is 6.92 Å². The SMILES string of the molecule is CC(=O)O.CP(C)C.c1ccc(-c2ccccc2)cc1. The maximum Gasteiger partial charge on any atom is 0.300 e. The lowest BCUT2D eigenvalue weighted by Gasteiger charge is -1.98. The zero-order valence-electron chi connectivity index (χ0n) is 12.6. The lowest BCUT2D eigenvalue weighted by atomic mass is 10.1. The van der Waals surface area contributed by atoms with E-state index in [-0.39, 0.29) is 0 Å². The Bertz CT molecular complexity index is 423. The van der Waals surface area contributed by atoms with E-state index in [2.05, 4.69) is 68.5 Å². The highest BCUT2D eigenvalue weighted by Crippen LogP contribution is 2.17. The average molecular weight is 290 g/mol. The number of carbonyl (C=O) groups is 1. The van der Waals surface area contributed by atoms with Crippen molar-refractivity contribution in [3.8, 4) is 11.1 Å². The molecule has 2 rings (SSSR count). The van der Waals surface area contributed by atoms with Gasteiger partial charge in [-0.05, 0) is 31.1 Å². The molecule has 0 spiro atoms. The zero-order chi connectivity index (χ0) is 15.4. The first-order valence-electron chi connectivity index (χ1n) is 6.34. The first-order chi connectivity index (χ1) is 9.43. The summed E-state index contributed by atoms with van der Waals surface area (Å²) in [6.07, 6.45) is 0. The van der Waals surface area contributed by atoms with Gasteiger partial charge in [0.05, 0.1) is 0 Å². The van der Waals surface area contributed by atoms with Gasteiger partial charge in [-0.1, -0.05) is 60.7 Å². The molecule has 0 radical (unpaired) electrons. The normalized spacial score (nSPS) is 8.85. The van der Waals surface area contributed by atoms with Gasteiger partial charge in [0, 0.05) is 6.92 Å². The molecule has 0 unspecified atom stereocenters. The second kappa shape index (κ2) is 11.2. The van der Waals surface area contributed by atoms with Gasteiger partial charge in [0.1, 0.15) is 0 Å². The van der Waals surface area contributed by atoms with E-state index in [0.29, 0.717) is 7.92 Å². The number of carboxylic acid groups (broad SMARTS) is 1. The van der Waals surface area contributed by atoms with Crippen LogP contribution in [0.3, 0.4) is 0 Å². The average Bonchev–Trinajstić information content (AvgIpc) is 2.39. The van der Waals surface area contributed by atoms with E-state index >= 15 is 0 Å². The lowest BCUT2D eigenvalue weighted by molar-refractivity contribution is -0.134. The molecular formula is C17H23O2P. The number of rotatable bonds is 1. The van der Waals surface area contributed by atoms with Crippen LogP contribution in [0.2, 0.25) is 0 Å². The van der Waals surface area contributed by atoms with Crippen LogP contribution in [0.25, 0.3) is 11.1 Å². The first kappa shape index (κ1) is 18.3. The third kappa shape index (κ3) is 11.4. The van der Waals surface area contributed by atoms with Gasteiger partial charge in [-0.15, -0.1) is 7.92 Å². The third-order valence-corrected chi connectivity index (χ3v) is 1.88. The summed E-state index contributed by atoms with van der Waals surface area (Å²) < 4.78 is 0. The molecule has 0 atom stereocenters. The lowest BCUT2D eigenvalue weighted by Crippen LogP contribution is -1.78. The summed E-state index contributed by atoms with van der Waals surface area (Å²) in [5.41, 5.74) is 2.55. The molecule has 0 fully saturated rings. The summed E-state index contributed by atoms with van der Waals surface area (Å²) in [4.78, 5) is 9.00. The van der Waals surface area contributed by atoms with Crippen molar-refractivity contribution >= 4 is 13.9 Å². The second-order valence-corrected chi connectivity index (χ2v) is 7.28. The van der Waals surface area contributed by atoms with E-state index in [9.17, 15) is 0 Å². The van der Waals surface area contributed by atoms with Crippen molar-refractivity contribution in [2.75, 3.05) is 20.0 Å². The van der Waals surface area contributed by atoms with Gasteiger partial charge in [0.2, 0.25) is 0 Å². The molecule has 0 saturated heterocycles. The minimum atomic E-state index is -0.833. The monoisotopic (exact) mass is 290 g/mol. The van der Waals surface area contributed by atoms with Crippen LogP contribution in [0.5, 0.6) is 0 Å². The Hall–Kier alpha value is -1.66. The molecule has 0 aliphatic heterocycles. The van der Waals surface area contributed by atoms with Gasteiger partial charge in [-0.3, -0.25) is 4.79 Å². The highest BCUT2D eigenvalue weighted by atomic mass is 31.1. The number of aliphatic carboxylic acids is 1. The largest absolute Gasteiger partial charge is 0.481 e. The molecule has 0 aliphatic rings. The summed E-state index contributed by atoms with van der Waals surface area (Å²) in [5.74, 6) is -0.833. The minimum Gasteiger partial charge on any atom is -0.481 e. The van der Waals surface area contributed by atoms with Gasteiger partial charge in [-0.2, -0.15) is 0 Å². The fourth-order valence-corrected chi connectivity index (χ4v) is 1.26. The molecule has 2 nitrogen and oxygen atoms in total. The van der Waals surface area contributed by atoms with Crippen LogP contribution in [0.4, 0.5) is 0 Å². The van der Waals surface area contributed by atoms with E-state index < -0.39 is 5.97 Å². The summed E-state index contributed by atoms with van der Waals surface area (Å²) in [6, 6.07) is 20.8. The van der Waals surface area contributed by atoms with Gasteiger partial charge < -0.3 is 5.11 Å². The molecule has 1 N–H and O–H groups in total. The Morgan fingerprint density at radius 2 is 1.00 bits per heavy atom. The summed E-state index contributed by atoms with van der Waals surface area (Å²) in [6.45, 7) is 7.78. The third-order valence-electron chi connectivity index (χ3n) is 1.88. The van der Waals surface area contributed by atoms with E-state index in [1.807, 2.05) is 12.1 Å². The van der Waals surface area contributed by atoms with E-state index in [1.165, 1.54) is 11.1 Å². The Morgan fingerprint density at radius 1 is 0.800 bits per heavy atom. The van der Waals surface area contributed by atoms with Crippen LogP contribution < -0.4 is 0 Å². The highest BCUT2D eigenvalue weighted by molar-refractivity contribution is 7.55. The molecule has 0 heterocycles. The Labute approximate surface area is 123 Å². The van der Waals surface area contributed by atoms with Crippen LogP contribution in [-0.4, -0.2) is 31.1 Å². The quantitative estimate of drug-likeness (QED) is 0.766. The zero-order valence-corrected chi connectivity index (χ0v) is 13.5.